The molecule has 0 aliphatic rings. The molecular formula is C37H76N2O4. The Morgan fingerprint density at radius 1 is 0.442 bits per heavy atom. The number of hydrogen-bond donors (Lipinski definition) is 0. The molecule has 0 spiro atoms. The molecule has 0 unspecified atom stereocenters. The van der Waals surface area contributed by atoms with Crippen LogP contribution in [0.5, 0.6) is 0 Å². The van der Waals surface area contributed by atoms with Crippen molar-refractivity contribution in [1.82, 2.24) is 0 Å². The number of rotatable bonds is 27. The molecule has 0 aromatic heterocycles. The van der Waals surface area contributed by atoms with Crippen LogP contribution in [0, 0.1) is 0 Å². The Balaban J connectivity index is -0.000000586. The Bertz CT molecular complexity index is 540. The van der Waals surface area contributed by atoms with Gasteiger partial charge in [-0.05, 0) is 56.9 Å². The van der Waals surface area contributed by atoms with E-state index in [1.165, 1.54) is 164 Å². The zero-order valence-electron chi connectivity index (χ0n) is 30.4. The Morgan fingerprint density at radius 2 is 0.628 bits per heavy atom. The monoisotopic (exact) mass is 613 g/mol. The van der Waals surface area contributed by atoms with Gasteiger partial charge in [-0.2, -0.15) is 0 Å². The second-order valence-corrected chi connectivity index (χ2v) is 12.7. The maximum absolute atomic E-state index is 9.73. The van der Waals surface area contributed by atoms with Crippen molar-refractivity contribution in [3.05, 3.63) is 12.2 Å². The molecule has 0 fully saturated rings. The highest BCUT2D eigenvalue weighted by atomic mass is 16.4. The highest BCUT2D eigenvalue weighted by Gasteiger charge is 2.25. The van der Waals surface area contributed by atoms with E-state index in [0.29, 0.717) is 0 Å². The van der Waals surface area contributed by atoms with E-state index in [-0.39, 0.29) is 0 Å². The van der Waals surface area contributed by atoms with Gasteiger partial charge in [0.15, 0.2) is 0 Å². The average molecular weight is 613 g/mol. The molecule has 0 heterocycles. The van der Waals surface area contributed by atoms with E-state index >= 15 is 0 Å². The summed E-state index contributed by atoms with van der Waals surface area (Å²) in [7, 11) is 0. The lowest BCUT2D eigenvalue weighted by Gasteiger charge is -2.39. The van der Waals surface area contributed by atoms with Crippen molar-refractivity contribution in [3.8, 4) is 0 Å². The van der Waals surface area contributed by atoms with Gasteiger partial charge in [0.25, 0.3) is 0 Å². The van der Waals surface area contributed by atoms with E-state index < -0.39 is 23.9 Å². The van der Waals surface area contributed by atoms with Crippen LogP contribution in [0.25, 0.3) is 0 Å². The quantitative estimate of drug-likeness (QED) is 0.0713. The van der Waals surface area contributed by atoms with Crippen molar-refractivity contribution < 1.29 is 28.8 Å². The van der Waals surface area contributed by atoms with Crippen molar-refractivity contribution in [2.45, 2.75) is 165 Å². The molecule has 6 heteroatoms. The molecule has 0 radical (unpaired) electrons. The molecule has 43 heavy (non-hydrogen) atoms. The maximum Gasteiger partial charge on any atom is 0.0786 e. The largest absolute Gasteiger partial charge is 0.550 e. The predicted octanol–water partition coefficient (Wildman–Crippen LogP) is 7.44. The van der Waals surface area contributed by atoms with Crippen LogP contribution in [0.15, 0.2) is 12.2 Å². The Kier molecular flexibility index (Phi) is 34.3. The molecule has 0 saturated heterocycles. The molecule has 0 aromatic rings. The summed E-state index contributed by atoms with van der Waals surface area (Å²) in [6, 6.07) is 0. The third kappa shape index (κ3) is 27.9. The molecule has 0 atom stereocenters. The molecule has 0 rings (SSSR count). The van der Waals surface area contributed by atoms with Gasteiger partial charge in [-0.25, -0.2) is 0 Å². The first-order chi connectivity index (χ1) is 20.5. The molecule has 0 aliphatic heterocycles. The van der Waals surface area contributed by atoms with E-state index in [9.17, 15) is 19.8 Å². The Morgan fingerprint density at radius 3 is 0.721 bits per heavy atom. The number of carbonyl (C=O) groups is 2. The zero-order valence-corrected chi connectivity index (χ0v) is 30.4. The summed E-state index contributed by atoms with van der Waals surface area (Å²) in [6.45, 7) is 32.9. The van der Waals surface area contributed by atoms with Gasteiger partial charge in [0.2, 0.25) is 0 Å². The normalized spacial score (nSPS) is 11.3. The topological polar surface area (TPSA) is 80.3 Å². The fourth-order valence-electron chi connectivity index (χ4n) is 5.54. The first kappa shape index (κ1) is 46.0. The second kappa shape index (κ2) is 32.0. The molecule has 0 N–H and O–H groups in total. The first-order valence-corrected chi connectivity index (χ1v) is 18.3. The van der Waals surface area contributed by atoms with Gasteiger partial charge in [0.1, 0.15) is 0 Å². The van der Waals surface area contributed by atoms with Gasteiger partial charge in [-0.15, -0.1) is 0 Å². The third-order valence-electron chi connectivity index (χ3n) is 8.53. The minimum atomic E-state index is -1.56. The van der Waals surface area contributed by atoms with E-state index in [1.54, 1.807) is 0 Å². The summed E-state index contributed by atoms with van der Waals surface area (Å²) >= 11 is 0. The van der Waals surface area contributed by atoms with Crippen LogP contribution in [0.1, 0.15) is 165 Å². The van der Waals surface area contributed by atoms with Crippen LogP contribution in [-0.2, 0) is 9.59 Å². The number of hydrogen-bond acceptors (Lipinski definition) is 4. The fraction of sp³-hybridized carbons (Fsp3) is 0.892. The highest BCUT2D eigenvalue weighted by Crippen LogP contribution is 2.17. The third-order valence-corrected chi connectivity index (χ3v) is 8.53. The molecule has 0 bridgehead atoms. The zero-order chi connectivity index (χ0) is 33.4. The van der Waals surface area contributed by atoms with Crippen molar-refractivity contribution in [2.75, 3.05) is 52.4 Å². The molecule has 6 nitrogen and oxygen atoms in total. The summed E-state index contributed by atoms with van der Waals surface area (Å²) in [4.78, 5) is 19.4. The first-order valence-electron chi connectivity index (χ1n) is 18.3. The molecule has 0 aliphatic carbocycles. The second-order valence-electron chi connectivity index (χ2n) is 12.7. The highest BCUT2D eigenvalue weighted by molar-refractivity contribution is 5.89. The number of unbranched alkanes of at least 4 members (excludes halogenated alkanes) is 8. The maximum atomic E-state index is 9.73. The van der Waals surface area contributed by atoms with E-state index in [4.69, 9.17) is 0 Å². The van der Waals surface area contributed by atoms with Crippen molar-refractivity contribution in [1.29, 1.82) is 0 Å². The van der Waals surface area contributed by atoms with E-state index in [1.807, 2.05) is 0 Å². The van der Waals surface area contributed by atoms with Crippen LogP contribution < -0.4 is 10.2 Å². The summed E-state index contributed by atoms with van der Waals surface area (Å²) < 4.78 is 2.84. The minimum Gasteiger partial charge on any atom is -0.550 e. The lowest BCUT2D eigenvalue weighted by molar-refractivity contribution is -0.929. The number of aliphatic carboxylic acids is 2. The lowest BCUT2D eigenvalue weighted by atomic mass is 10.1. The predicted molar refractivity (Wildman–Crippen MR) is 182 cm³/mol. The van der Waals surface area contributed by atoms with Crippen molar-refractivity contribution >= 4 is 11.9 Å². The number of quaternary nitrogens is 2. The molecule has 0 saturated carbocycles. The van der Waals surface area contributed by atoms with Crippen molar-refractivity contribution in [3.63, 3.8) is 0 Å². The smallest absolute Gasteiger partial charge is 0.0786 e. The standard InChI is InChI=1S/2C16H36N.C5H6O4/c2*1-5-9-13-17(14-10-6-2,15-11-7-3)16-12-8-4;1-3(5(8)9)2-4(6)7/h2*5-16H2,1-4H3;1-2H2,(H,6,7)(H,8,9)/q2*+1;/p-2. The van der Waals surface area contributed by atoms with Gasteiger partial charge in [-0.1, -0.05) is 113 Å². The summed E-state index contributed by atoms with van der Waals surface area (Å²) in [5, 5.41) is 19.4. The van der Waals surface area contributed by atoms with Crippen LogP contribution in [0.2, 0.25) is 0 Å². The number of carboxylic acid groups (broad SMARTS) is 2. The number of nitrogens with zero attached hydrogens (tertiary/aromatic N) is 2. The van der Waals surface area contributed by atoms with Crippen LogP contribution in [0.3, 0.4) is 0 Å². The van der Waals surface area contributed by atoms with E-state index in [2.05, 4.69) is 62.0 Å². The summed E-state index contributed by atoms with van der Waals surface area (Å²) in [5.74, 6) is -3.02. The van der Waals surface area contributed by atoms with Crippen molar-refractivity contribution in [2.24, 2.45) is 0 Å². The molecule has 0 amide bonds. The molecule has 0 aromatic carbocycles. The van der Waals surface area contributed by atoms with Crippen LogP contribution in [0.4, 0.5) is 0 Å². The number of carbonyl (C=O) groups excluding carboxylic acids is 2. The molecular weight excluding hydrogens is 536 g/mol. The van der Waals surface area contributed by atoms with Gasteiger partial charge >= 0.3 is 0 Å². The number of carboxylic acids is 2. The van der Waals surface area contributed by atoms with Gasteiger partial charge in [0.05, 0.1) is 58.3 Å². The summed E-state index contributed by atoms with van der Waals surface area (Å²) in [6.07, 6.45) is 21.4. The van der Waals surface area contributed by atoms with Crippen LogP contribution in [-0.4, -0.2) is 73.3 Å². The lowest BCUT2D eigenvalue weighted by Crippen LogP contribution is -2.50. The fourth-order valence-corrected chi connectivity index (χ4v) is 5.54. The minimum absolute atomic E-state index is 0.477. The summed E-state index contributed by atoms with van der Waals surface area (Å²) in [5.41, 5.74) is -0.477. The van der Waals surface area contributed by atoms with Gasteiger partial charge < -0.3 is 28.8 Å². The SMILES string of the molecule is C=C(CC(=O)[O-])C(=O)[O-].CCCC[N+](CCCC)(CCCC)CCCC.CCCC[N+](CCCC)(CCCC)CCCC. The van der Waals surface area contributed by atoms with Gasteiger partial charge in [-0.3, -0.25) is 0 Å². The Labute approximate surface area is 269 Å². The Hall–Kier alpha value is -1.40. The van der Waals surface area contributed by atoms with Gasteiger partial charge in [0, 0.05) is 12.4 Å². The van der Waals surface area contributed by atoms with E-state index in [0.717, 1.165) is 0 Å². The molecule has 258 valence electrons. The average Bonchev–Trinajstić information content (AvgIpc) is 3.00. The van der Waals surface area contributed by atoms with Crippen LogP contribution >= 0.6 is 0 Å².